The van der Waals surface area contributed by atoms with E-state index in [1.807, 2.05) is 6.92 Å². The van der Waals surface area contributed by atoms with Crippen molar-refractivity contribution in [3.63, 3.8) is 0 Å². The minimum Gasteiger partial charge on any atom is -0.305 e. The molecule has 0 saturated carbocycles. The Hall–Kier alpha value is -0.930. The molecule has 1 unspecified atom stereocenters. The predicted molar refractivity (Wildman–Crippen MR) is 45.0 cm³/mol. The third-order valence-electron chi connectivity index (χ3n) is 1.66. The van der Waals surface area contributed by atoms with Crippen LogP contribution < -0.4 is 5.48 Å². The van der Waals surface area contributed by atoms with Gasteiger partial charge in [0.2, 0.25) is 0 Å². The summed E-state index contributed by atoms with van der Waals surface area (Å²) in [6, 6.07) is 6.40. The van der Waals surface area contributed by atoms with Crippen molar-refractivity contribution in [3.8, 4) is 0 Å². The molecule has 2 nitrogen and oxygen atoms in total. The van der Waals surface area contributed by atoms with Gasteiger partial charge < -0.3 is 4.84 Å². The first-order chi connectivity index (χ1) is 5.74. The molecular weight excluding hydrogens is 157 g/mol. The van der Waals surface area contributed by atoms with Crippen LogP contribution in [0.4, 0.5) is 4.39 Å². The van der Waals surface area contributed by atoms with Crippen molar-refractivity contribution < 1.29 is 9.23 Å². The van der Waals surface area contributed by atoms with Crippen LogP contribution in [-0.2, 0) is 4.84 Å². The van der Waals surface area contributed by atoms with Crippen molar-refractivity contribution in [2.24, 2.45) is 0 Å². The van der Waals surface area contributed by atoms with Gasteiger partial charge in [-0.2, -0.15) is 5.48 Å². The third kappa shape index (κ3) is 2.29. The molecule has 0 saturated heterocycles. The van der Waals surface area contributed by atoms with Gasteiger partial charge in [0.05, 0.1) is 13.2 Å². The molecule has 3 heteroatoms. The first-order valence-corrected chi connectivity index (χ1v) is 3.78. The maximum atomic E-state index is 12.5. The molecule has 1 aromatic carbocycles. The fraction of sp³-hybridized carbons (Fsp3) is 0.333. The Morgan fingerprint density at radius 3 is 2.42 bits per heavy atom. The summed E-state index contributed by atoms with van der Waals surface area (Å²) in [6.07, 6.45) is 0. The van der Waals surface area contributed by atoms with Crippen molar-refractivity contribution in [1.82, 2.24) is 5.48 Å². The number of nitrogens with one attached hydrogen (secondary N) is 1. The topological polar surface area (TPSA) is 21.3 Å². The van der Waals surface area contributed by atoms with Crippen LogP contribution in [0.1, 0.15) is 18.5 Å². The Labute approximate surface area is 71.3 Å². The number of halogens is 1. The summed E-state index contributed by atoms with van der Waals surface area (Å²) in [7, 11) is 1.56. The monoisotopic (exact) mass is 169 g/mol. The molecule has 0 amide bonds. The molecule has 0 heterocycles. The van der Waals surface area contributed by atoms with E-state index in [1.54, 1.807) is 19.2 Å². The zero-order chi connectivity index (χ0) is 8.97. The van der Waals surface area contributed by atoms with E-state index in [1.165, 1.54) is 12.1 Å². The molecule has 66 valence electrons. The summed E-state index contributed by atoms with van der Waals surface area (Å²) in [5.74, 6) is -0.219. The van der Waals surface area contributed by atoms with Gasteiger partial charge in [0.25, 0.3) is 0 Å². The molecular formula is C9H12FNO. The molecule has 0 aliphatic heterocycles. The van der Waals surface area contributed by atoms with Gasteiger partial charge in [0, 0.05) is 0 Å². The fourth-order valence-corrected chi connectivity index (χ4v) is 0.996. The van der Waals surface area contributed by atoms with E-state index in [9.17, 15) is 4.39 Å². The van der Waals surface area contributed by atoms with Crippen LogP contribution in [0.5, 0.6) is 0 Å². The van der Waals surface area contributed by atoms with Crippen LogP contribution >= 0.6 is 0 Å². The molecule has 1 atom stereocenters. The molecule has 0 bridgehead atoms. The highest BCUT2D eigenvalue weighted by molar-refractivity contribution is 5.18. The summed E-state index contributed by atoms with van der Waals surface area (Å²) in [5.41, 5.74) is 3.76. The van der Waals surface area contributed by atoms with Gasteiger partial charge in [0.15, 0.2) is 0 Å². The lowest BCUT2D eigenvalue weighted by Gasteiger charge is -2.11. The molecule has 1 aromatic rings. The molecule has 0 fully saturated rings. The van der Waals surface area contributed by atoms with Crippen LogP contribution in [0.2, 0.25) is 0 Å². The van der Waals surface area contributed by atoms with Crippen molar-refractivity contribution >= 4 is 0 Å². The standard InChI is InChI=1S/C9H12FNO/c1-7(11-12-2)8-3-5-9(10)6-4-8/h3-7,11H,1-2H3. The molecule has 1 rings (SSSR count). The zero-order valence-corrected chi connectivity index (χ0v) is 7.17. The minimum atomic E-state index is -0.219. The van der Waals surface area contributed by atoms with Gasteiger partial charge in [-0.15, -0.1) is 0 Å². The van der Waals surface area contributed by atoms with Crippen LogP contribution in [0.3, 0.4) is 0 Å². The van der Waals surface area contributed by atoms with E-state index >= 15 is 0 Å². The highest BCUT2D eigenvalue weighted by atomic mass is 19.1. The van der Waals surface area contributed by atoms with Crippen LogP contribution in [0.15, 0.2) is 24.3 Å². The third-order valence-corrected chi connectivity index (χ3v) is 1.66. The first-order valence-electron chi connectivity index (χ1n) is 3.78. The largest absolute Gasteiger partial charge is 0.305 e. The average molecular weight is 169 g/mol. The molecule has 0 aliphatic rings. The highest BCUT2D eigenvalue weighted by Gasteiger charge is 2.02. The van der Waals surface area contributed by atoms with Gasteiger partial charge in [-0.05, 0) is 24.6 Å². The first kappa shape index (κ1) is 9.16. The van der Waals surface area contributed by atoms with Crippen molar-refractivity contribution in [2.45, 2.75) is 13.0 Å². The number of hydrogen-bond acceptors (Lipinski definition) is 2. The van der Waals surface area contributed by atoms with E-state index in [0.29, 0.717) is 0 Å². The van der Waals surface area contributed by atoms with Crippen LogP contribution in [-0.4, -0.2) is 7.11 Å². The van der Waals surface area contributed by atoms with Crippen molar-refractivity contribution in [1.29, 1.82) is 0 Å². The lowest BCUT2D eigenvalue weighted by molar-refractivity contribution is 0.0658. The minimum absolute atomic E-state index is 0.0793. The summed E-state index contributed by atoms with van der Waals surface area (Å²) in [5, 5.41) is 0. The summed E-state index contributed by atoms with van der Waals surface area (Å²) < 4.78 is 12.5. The SMILES string of the molecule is CONC(C)c1ccc(F)cc1. The zero-order valence-electron chi connectivity index (χ0n) is 7.17. The van der Waals surface area contributed by atoms with Gasteiger partial charge >= 0.3 is 0 Å². The smallest absolute Gasteiger partial charge is 0.123 e. The van der Waals surface area contributed by atoms with Crippen molar-refractivity contribution in [2.75, 3.05) is 7.11 Å². The number of benzene rings is 1. The Kier molecular flexibility index (Phi) is 3.19. The number of hydroxylamine groups is 1. The highest BCUT2D eigenvalue weighted by Crippen LogP contribution is 2.11. The predicted octanol–water partition coefficient (Wildman–Crippen LogP) is 2.04. The van der Waals surface area contributed by atoms with Crippen molar-refractivity contribution in [3.05, 3.63) is 35.6 Å². The second-order valence-corrected chi connectivity index (χ2v) is 2.60. The summed E-state index contributed by atoms with van der Waals surface area (Å²) >= 11 is 0. The lowest BCUT2D eigenvalue weighted by Crippen LogP contribution is -2.16. The van der Waals surface area contributed by atoms with Crippen LogP contribution in [0, 0.1) is 5.82 Å². The second kappa shape index (κ2) is 4.18. The Morgan fingerprint density at radius 2 is 1.92 bits per heavy atom. The Bertz CT molecular complexity index is 235. The summed E-state index contributed by atoms with van der Waals surface area (Å²) in [6.45, 7) is 1.94. The maximum absolute atomic E-state index is 12.5. The van der Waals surface area contributed by atoms with E-state index in [2.05, 4.69) is 5.48 Å². The number of rotatable bonds is 3. The van der Waals surface area contributed by atoms with E-state index < -0.39 is 0 Å². The summed E-state index contributed by atoms with van der Waals surface area (Å²) in [4.78, 5) is 4.74. The fourth-order valence-electron chi connectivity index (χ4n) is 0.996. The van der Waals surface area contributed by atoms with Crippen LogP contribution in [0.25, 0.3) is 0 Å². The normalized spacial score (nSPS) is 12.9. The van der Waals surface area contributed by atoms with Gasteiger partial charge in [0.1, 0.15) is 5.82 Å². The van der Waals surface area contributed by atoms with Gasteiger partial charge in [-0.25, -0.2) is 4.39 Å². The molecule has 0 radical (unpaired) electrons. The van der Waals surface area contributed by atoms with Gasteiger partial charge in [-0.1, -0.05) is 12.1 Å². The van der Waals surface area contributed by atoms with Gasteiger partial charge in [-0.3, -0.25) is 0 Å². The van der Waals surface area contributed by atoms with E-state index in [0.717, 1.165) is 5.56 Å². The lowest BCUT2D eigenvalue weighted by atomic mass is 10.1. The Balaban J connectivity index is 2.68. The van der Waals surface area contributed by atoms with E-state index in [-0.39, 0.29) is 11.9 Å². The molecule has 0 spiro atoms. The Morgan fingerprint density at radius 1 is 1.33 bits per heavy atom. The maximum Gasteiger partial charge on any atom is 0.123 e. The molecule has 12 heavy (non-hydrogen) atoms. The van der Waals surface area contributed by atoms with E-state index in [4.69, 9.17) is 4.84 Å². The quantitative estimate of drug-likeness (QED) is 0.699. The second-order valence-electron chi connectivity index (χ2n) is 2.60. The molecule has 0 aromatic heterocycles. The number of hydrogen-bond donors (Lipinski definition) is 1. The molecule has 0 aliphatic carbocycles. The molecule has 1 N–H and O–H groups in total. The average Bonchev–Trinajstić information content (AvgIpc) is 2.06.